The maximum absolute atomic E-state index is 11.7. The Bertz CT molecular complexity index is 435. The fourth-order valence-corrected chi connectivity index (χ4v) is 1.76. The predicted molar refractivity (Wildman–Crippen MR) is 80.9 cm³/mol. The van der Waals surface area contributed by atoms with Crippen molar-refractivity contribution in [3.05, 3.63) is 17.8 Å². The highest BCUT2D eigenvalue weighted by Crippen LogP contribution is 2.20. The summed E-state index contributed by atoms with van der Waals surface area (Å²) in [6.07, 6.45) is 3.67. The molecular weight excluding hydrogens is 256 g/mol. The van der Waals surface area contributed by atoms with E-state index in [0.29, 0.717) is 23.7 Å². The minimum absolute atomic E-state index is 0.327. The van der Waals surface area contributed by atoms with Crippen LogP contribution in [0.25, 0.3) is 0 Å². The number of aromatic nitrogens is 1. The molecule has 0 atom stereocenters. The maximum atomic E-state index is 11.7. The highest BCUT2D eigenvalue weighted by molar-refractivity contribution is 5.97. The Labute approximate surface area is 120 Å². The number of nitrogen functional groups attached to an aromatic ring is 1. The van der Waals surface area contributed by atoms with Crippen LogP contribution >= 0.6 is 0 Å². The molecule has 1 aromatic heterocycles. The smallest absolute Gasteiger partial charge is 0.340 e. The summed E-state index contributed by atoms with van der Waals surface area (Å²) in [6.45, 7) is 3.91. The van der Waals surface area contributed by atoms with E-state index in [0.717, 1.165) is 25.9 Å². The number of esters is 1. The molecule has 112 valence electrons. The number of nitrogens with one attached hydrogen (secondary N) is 1. The molecule has 20 heavy (non-hydrogen) atoms. The van der Waals surface area contributed by atoms with Gasteiger partial charge in [-0.2, -0.15) is 0 Å². The van der Waals surface area contributed by atoms with Crippen LogP contribution in [0.5, 0.6) is 0 Å². The third-order valence-corrected chi connectivity index (χ3v) is 2.81. The van der Waals surface area contributed by atoms with Gasteiger partial charge in [0.25, 0.3) is 0 Å². The van der Waals surface area contributed by atoms with Crippen molar-refractivity contribution in [2.24, 2.45) is 0 Å². The van der Waals surface area contributed by atoms with Gasteiger partial charge < -0.3 is 20.7 Å². The lowest BCUT2D eigenvalue weighted by atomic mass is 10.2. The molecule has 0 amide bonds. The van der Waals surface area contributed by atoms with Crippen LogP contribution in [0.3, 0.4) is 0 Å². The maximum Gasteiger partial charge on any atom is 0.340 e. The van der Waals surface area contributed by atoms with E-state index >= 15 is 0 Å². The van der Waals surface area contributed by atoms with Crippen LogP contribution in [-0.2, 0) is 4.74 Å². The van der Waals surface area contributed by atoms with Crippen LogP contribution in [0, 0.1) is 0 Å². The summed E-state index contributed by atoms with van der Waals surface area (Å²) in [6, 6.07) is 1.57. The molecule has 1 rings (SSSR count). The predicted octanol–water partition coefficient (Wildman–Crippen LogP) is 1.59. The number of pyridine rings is 1. The fourth-order valence-electron chi connectivity index (χ4n) is 1.76. The van der Waals surface area contributed by atoms with Crippen molar-refractivity contribution in [1.82, 2.24) is 9.88 Å². The normalized spacial score (nSPS) is 10.6. The number of nitrogens with zero attached hydrogens (tertiary/aromatic N) is 2. The first-order valence-corrected chi connectivity index (χ1v) is 6.86. The van der Waals surface area contributed by atoms with Crippen molar-refractivity contribution in [2.45, 2.75) is 19.8 Å². The molecule has 6 nitrogen and oxygen atoms in total. The Morgan fingerprint density at radius 1 is 1.45 bits per heavy atom. The van der Waals surface area contributed by atoms with E-state index in [1.807, 2.05) is 0 Å². The van der Waals surface area contributed by atoms with E-state index in [9.17, 15) is 4.79 Å². The van der Waals surface area contributed by atoms with E-state index in [-0.39, 0.29) is 0 Å². The van der Waals surface area contributed by atoms with Gasteiger partial charge in [-0.3, -0.25) is 0 Å². The van der Waals surface area contributed by atoms with Crippen LogP contribution in [0.1, 0.15) is 30.1 Å². The standard InChI is InChI=1S/C14H24N4O2/c1-4-20-14(19)11-7-9-17-13(12(11)15)16-8-5-6-10-18(2)3/h7,9H,4-6,8,10,15H2,1-3H3,(H,16,17). The number of carbonyl (C=O) groups is 1. The summed E-state index contributed by atoms with van der Waals surface area (Å²) >= 11 is 0. The third kappa shape index (κ3) is 5.05. The van der Waals surface area contributed by atoms with Crippen molar-refractivity contribution < 1.29 is 9.53 Å². The molecule has 0 bridgehead atoms. The Morgan fingerprint density at radius 2 is 2.20 bits per heavy atom. The Kier molecular flexibility index (Phi) is 6.79. The van der Waals surface area contributed by atoms with Gasteiger partial charge in [-0.15, -0.1) is 0 Å². The number of ether oxygens (including phenoxy) is 1. The van der Waals surface area contributed by atoms with E-state index < -0.39 is 5.97 Å². The molecule has 3 N–H and O–H groups in total. The Hall–Kier alpha value is -1.82. The molecule has 0 aliphatic rings. The van der Waals surface area contributed by atoms with Crippen LogP contribution < -0.4 is 11.1 Å². The Morgan fingerprint density at radius 3 is 2.85 bits per heavy atom. The van der Waals surface area contributed by atoms with E-state index in [2.05, 4.69) is 29.3 Å². The molecule has 0 fully saturated rings. The molecule has 1 heterocycles. The molecule has 0 aromatic carbocycles. The largest absolute Gasteiger partial charge is 0.462 e. The van der Waals surface area contributed by atoms with Gasteiger partial charge in [0.1, 0.15) is 5.82 Å². The lowest BCUT2D eigenvalue weighted by Gasteiger charge is -2.12. The lowest BCUT2D eigenvalue weighted by molar-refractivity contribution is 0.0527. The van der Waals surface area contributed by atoms with Crippen molar-refractivity contribution in [2.75, 3.05) is 44.8 Å². The van der Waals surface area contributed by atoms with Crippen molar-refractivity contribution >= 4 is 17.5 Å². The molecule has 0 radical (unpaired) electrons. The number of hydrogen-bond donors (Lipinski definition) is 2. The first-order valence-electron chi connectivity index (χ1n) is 6.86. The molecule has 6 heteroatoms. The molecular formula is C14H24N4O2. The number of anilines is 2. The minimum atomic E-state index is -0.414. The van der Waals surface area contributed by atoms with E-state index in [1.165, 1.54) is 0 Å². The van der Waals surface area contributed by atoms with E-state index in [4.69, 9.17) is 10.5 Å². The van der Waals surface area contributed by atoms with Gasteiger partial charge in [0, 0.05) is 12.7 Å². The van der Waals surface area contributed by atoms with Gasteiger partial charge in [0.2, 0.25) is 0 Å². The summed E-state index contributed by atoms with van der Waals surface area (Å²) in [7, 11) is 4.10. The van der Waals surface area contributed by atoms with Crippen LogP contribution in [0.4, 0.5) is 11.5 Å². The van der Waals surface area contributed by atoms with Crippen molar-refractivity contribution in [3.63, 3.8) is 0 Å². The second kappa shape index (κ2) is 8.37. The molecule has 0 saturated carbocycles. The minimum Gasteiger partial charge on any atom is -0.462 e. The topological polar surface area (TPSA) is 80.5 Å². The molecule has 0 saturated heterocycles. The number of carbonyl (C=O) groups excluding carboxylic acids is 1. The monoisotopic (exact) mass is 280 g/mol. The van der Waals surface area contributed by atoms with Gasteiger partial charge in [-0.25, -0.2) is 9.78 Å². The van der Waals surface area contributed by atoms with Gasteiger partial charge in [0.15, 0.2) is 0 Å². The summed E-state index contributed by atoms with van der Waals surface area (Å²) in [5.41, 5.74) is 6.65. The zero-order chi connectivity index (χ0) is 15.0. The second-order valence-electron chi connectivity index (χ2n) is 4.78. The van der Waals surface area contributed by atoms with Crippen LogP contribution in [0.15, 0.2) is 12.3 Å². The van der Waals surface area contributed by atoms with Crippen molar-refractivity contribution in [3.8, 4) is 0 Å². The second-order valence-corrected chi connectivity index (χ2v) is 4.78. The van der Waals surface area contributed by atoms with Gasteiger partial charge in [-0.1, -0.05) is 0 Å². The number of hydrogen-bond acceptors (Lipinski definition) is 6. The molecule has 0 aliphatic heterocycles. The van der Waals surface area contributed by atoms with Gasteiger partial charge in [0.05, 0.1) is 17.9 Å². The molecule has 0 spiro atoms. The average Bonchev–Trinajstić information content (AvgIpc) is 2.40. The number of rotatable bonds is 8. The lowest BCUT2D eigenvalue weighted by Crippen LogP contribution is -2.15. The first-order chi connectivity index (χ1) is 9.56. The summed E-state index contributed by atoms with van der Waals surface area (Å²) in [5, 5.41) is 3.16. The third-order valence-electron chi connectivity index (χ3n) is 2.81. The molecule has 1 aromatic rings. The van der Waals surface area contributed by atoms with Crippen LogP contribution in [0.2, 0.25) is 0 Å². The molecule has 0 aliphatic carbocycles. The van der Waals surface area contributed by atoms with E-state index in [1.54, 1.807) is 19.2 Å². The van der Waals surface area contributed by atoms with Crippen LogP contribution in [-0.4, -0.2) is 49.6 Å². The zero-order valence-corrected chi connectivity index (χ0v) is 12.5. The molecule has 0 unspecified atom stereocenters. The van der Waals surface area contributed by atoms with Crippen molar-refractivity contribution in [1.29, 1.82) is 0 Å². The highest BCUT2D eigenvalue weighted by Gasteiger charge is 2.14. The first kappa shape index (κ1) is 16.2. The number of unbranched alkanes of at least 4 members (excludes halogenated alkanes) is 1. The highest BCUT2D eigenvalue weighted by atomic mass is 16.5. The SMILES string of the molecule is CCOC(=O)c1ccnc(NCCCCN(C)C)c1N. The fraction of sp³-hybridized carbons (Fsp3) is 0.571. The summed E-state index contributed by atoms with van der Waals surface area (Å²) in [4.78, 5) is 18.0. The quantitative estimate of drug-likeness (QED) is 0.556. The average molecular weight is 280 g/mol. The summed E-state index contributed by atoms with van der Waals surface area (Å²) < 4.78 is 4.95. The Balaban J connectivity index is 2.54. The van der Waals surface area contributed by atoms with Gasteiger partial charge in [-0.05, 0) is 46.5 Å². The summed E-state index contributed by atoms with van der Waals surface area (Å²) in [5.74, 6) is 0.128. The zero-order valence-electron chi connectivity index (χ0n) is 12.5. The van der Waals surface area contributed by atoms with Gasteiger partial charge >= 0.3 is 5.97 Å². The number of nitrogens with two attached hydrogens (primary N) is 1.